The number of carbonyl (C=O) groups is 1. The molecule has 2 aliphatic rings. The Kier molecular flexibility index (Phi) is 4.52. The molecule has 1 aromatic carbocycles. The van der Waals surface area contributed by atoms with Gasteiger partial charge in [0.2, 0.25) is 0 Å². The van der Waals surface area contributed by atoms with Crippen molar-refractivity contribution in [1.29, 1.82) is 0 Å². The number of hydrogen-bond donors (Lipinski definition) is 2. The van der Waals surface area contributed by atoms with E-state index in [2.05, 4.69) is 41.2 Å². The molecule has 1 unspecified atom stereocenters. The summed E-state index contributed by atoms with van der Waals surface area (Å²) in [7, 11) is 2.19. The second-order valence-corrected chi connectivity index (χ2v) is 7.80. The SMILES string of the molecule is CN1CC(c2ccccc2)CC12CCN(C(=O)c1c[nH]c(=O)cc1O)CC2. The fraction of sp³-hybridized carbons (Fsp3) is 0.429. The smallest absolute Gasteiger partial charge is 0.259 e. The first-order valence-corrected chi connectivity index (χ1v) is 9.46. The van der Waals surface area contributed by atoms with Crippen molar-refractivity contribution in [3.8, 4) is 5.75 Å². The number of aromatic nitrogens is 1. The number of aromatic hydroxyl groups is 1. The summed E-state index contributed by atoms with van der Waals surface area (Å²) in [6.07, 6.45) is 4.25. The molecule has 2 aliphatic heterocycles. The molecule has 0 saturated carbocycles. The number of likely N-dealkylation sites (N-methyl/N-ethyl adjacent to an activating group) is 1. The van der Waals surface area contributed by atoms with Crippen LogP contribution in [0.4, 0.5) is 0 Å². The third-order valence-corrected chi connectivity index (χ3v) is 6.32. The summed E-state index contributed by atoms with van der Waals surface area (Å²) in [5.41, 5.74) is 1.26. The van der Waals surface area contributed by atoms with E-state index in [0.29, 0.717) is 19.0 Å². The third-order valence-electron chi connectivity index (χ3n) is 6.32. The largest absolute Gasteiger partial charge is 0.507 e. The number of hydrogen-bond acceptors (Lipinski definition) is 4. The monoisotopic (exact) mass is 367 g/mol. The van der Waals surface area contributed by atoms with Gasteiger partial charge in [-0.2, -0.15) is 0 Å². The highest BCUT2D eigenvalue weighted by Crippen LogP contribution is 2.44. The van der Waals surface area contributed by atoms with Crippen LogP contribution in [-0.2, 0) is 0 Å². The number of amides is 1. The normalized spacial score (nSPS) is 22.3. The molecule has 0 bridgehead atoms. The summed E-state index contributed by atoms with van der Waals surface area (Å²) in [5.74, 6) is 0.0479. The lowest BCUT2D eigenvalue weighted by Gasteiger charge is -2.43. The maximum atomic E-state index is 12.7. The van der Waals surface area contributed by atoms with Crippen LogP contribution in [0, 0.1) is 0 Å². The molecular formula is C21H25N3O3. The van der Waals surface area contributed by atoms with Crippen molar-refractivity contribution in [2.24, 2.45) is 0 Å². The minimum Gasteiger partial charge on any atom is -0.507 e. The van der Waals surface area contributed by atoms with E-state index in [1.54, 1.807) is 4.90 Å². The molecule has 0 radical (unpaired) electrons. The zero-order valence-electron chi connectivity index (χ0n) is 15.5. The van der Waals surface area contributed by atoms with Gasteiger partial charge in [-0.15, -0.1) is 0 Å². The van der Waals surface area contributed by atoms with E-state index in [-0.39, 0.29) is 22.8 Å². The number of benzene rings is 1. The van der Waals surface area contributed by atoms with Gasteiger partial charge in [0.1, 0.15) is 5.75 Å². The Hall–Kier alpha value is -2.60. The van der Waals surface area contributed by atoms with Crippen LogP contribution in [0.2, 0.25) is 0 Å². The lowest BCUT2D eigenvalue weighted by molar-refractivity contribution is 0.0489. The summed E-state index contributed by atoms with van der Waals surface area (Å²) in [6.45, 7) is 2.35. The third kappa shape index (κ3) is 3.25. The average Bonchev–Trinajstić information content (AvgIpc) is 2.99. The number of carbonyl (C=O) groups excluding carboxylic acids is 1. The van der Waals surface area contributed by atoms with Crippen molar-refractivity contribution in [3.63, 3.8) is 0 Å². The minimum atomic E-state index is -0.416. The van der Waals surface area contributed by atoms with Gasteiger partial charge in [0.15, 0.2) is 0 Å². The average molecular weight is 367 g/mol. The summed E-state index contributed by atoms with van der Waals surface area (Å²) in [4.78, 5) is 30.7. The van der Waals surface area contributed by atoms with Crippen molar-refractivity contribution >= 4 is 5.91 Å². The van der Waals surface area contributed by atoms with Gasteiger partial charge in [-0.1, -0.05) is 30.3 Å². The van der Waals surface area contributed by atoms with Crippen molar-refractivity contribution < 1.29 is 9.90 Å². The maximum absolute atomic E-state index is 12.7. The Balaban J connectivity index is 1.45. The summed E-state index contributed by atoms with van der Waals surface area (Å²) in [5, 5.41) is 9.92. The van der Waals surface area contributed by atoms with Crippen LogP contribution in [0.3, 0.4) is 0 Å². The predicted molar refractivity (Wildman–Crippen MR) is 103 cm³/mol. The highest BCUT2D eigenvalue weighted by Gasteiger charge is 2.46. The molecule has 1 spiro atoms. The molecule has 3 heterocycles. The second-order valence-electron chi connectivity index (χ2n) is 7.80. The number of aromatic amines is 1. The van der Waals surface area contributed by atoms with Crippen molar-refractivity contribution in [2.75, 3.05) is 26.7 Å². The summed E-state index contributed by atoms with van der Waals surface area (Å²) < 4.78 is 0. The van der Waals surface area contributed by atoms with E-state index in [1.165, 1.54) is 11.8 Å². The van der Waals surface area contributed by atoms with Crippen LogP contribution < -0.4 is 5.56 Å². The van der Waals surface area contributed by atoms with Crippen molar-refractivity contribution in [3.05, 3.63) is 64.1 Å². The van der Waals surface area contributed by atoms with E-state index in [1.807, 2.05) is 6.07 Å². The lowest BCUT2D eigenvalue weighted by Crippen LogP contribution is -2.52. The van der Waals surface area contributed by atoms with Crippen LogP contribution in [0.15, 0.2) is 47.4 Å². The van der Waals surface area contributed by atoms with Crippen LogP contribution in [0.25, 0.3) is 0 Å². The molecule has 6 heteroatoms. The number of nitrogens with zero attached hydrogens (tertiary/aromatic N) is 2. The van der Waals surface area contributed by atoms with E-state index in [0.717, 1.165) is 31.9 Å². The molecule has 1 amide bonds. The molecule has 2 N–H and O–H groups in total. The topological polar surface area (TPSA) is 76.6 Å². The Morgan fingerprint density at radius 1 is 1.22 bits per heavy atom. The Labute approximate surface area is 158 Å². The lowest BCUT2D eigenvalue weighted by atomic mass is 9.81. The molecule has 1 aromatic heterocycles. The maximum Gasteiger partial charge on any atom is 0.259 e. The van der Waals surface area contributed by atoms with Crippen LogP contribution in [0.5, 0.6) is 5.75 Å². The van der Waals surface area contributed by atoms with Gasteiger partial charge >= 0.3 is 0 Å². The Morgan fingerprint density at radius 3 is 2.59 bits per heavy atom. The van der Waals surface area contributed by atoms with Gasteiger partial charge < -0.3 is 15.0 Å². The molecule has 2 saturated heterocycles. The molecule has 0 aliphatic carbocycles. The highest BCUT2D eigenvalue weighted by atomic mass is 16.3. The molecule has 142 valence electrons. The first kappa shape index (κ1) is 17.8. The fourth-order valence-electron chi connectivity index (χ4n) is 4.67. The zero-order valence-corrected chi connectivity index (χ0v) is 15.5. The number of piperidine rings is 1. The first-order chi connectivity index (χ1) is 13.0. The van der Waals surface area contributed by atoms with E-state index in [9.17, 15) is 14.7 Å². The van der Waals surface area contributed by atoms with Gasteiger partial charge in [-0.05, 0) is 37.8 Å². The van der Waals surface area contributed by atoms with Gasteiger partial charge in [-0.3, -0.25) is 14.5 Å². The van der Waals surface area contributed by atoms with E-state index >= 15 is 0 Å². The fourth-order valence-corrected chi connectivity index (χ4v) is 4.67. The number of pyridine rings is 1. The molecule has 2 fully saturated rings. The number of nitrogens with one attached hydrogen (secondary N) is 1. The summed E-state index contributed by atoms with van der Waals surface area (Å²) >= 11 is 0. The highest BCUT2D eigenvalue weighted by molar-refractivity contribution is 5.96. The van der Waals surface area contributed by atoms with Gasteiger partial charge in [-0.25, -0.2) is 0 Å². The van der Waals surface area contributed by atoms with Crippen molar-refractivity contribution in [1.82, 2.24) is 14.8 Å². The molecule has 6 nitrogen and oxygen atoms in total. The number of likely N-dealkylation sites (tertiary alicyclic amines) is 2. The quantitative estimate of drug-likeness (QED) is 0.853. The number of rotatable bonds is 2. The van der Waals surface area contributed by atoms with E-state index in [4.69, 9.17) is 0 Å². The molecule has 1 atom stereocenters. The Bertz CT molecular complexity index is 885. The Morgan fingerprint density at radius 2 is 1.93 bits per heavy atom. The molecule has 4 rings (SSSR count). The van der Waals surface area contributed by atoms with Crippen LogP contribution >= 0.6 is 0 Å². The van der Waals surface area contributed by atoms with Gasteiger partial charge in [0, 0.05) is 37.4 Å². The van der Waals surface area contributed by atoms with Crippen LogP contribution in [0.1, 0.15) is 41.1 Å². The number of H-pyrrole nitrogens is 1. The van der Waals surface area contributed by atoms with Gasteiger partial charge in [0.05, 0.1) is 5.56 Å². The van der Waals surface area contributed by atoms with E-state index < -0.39 is 5.56 Å². The molecular weight excluding hydrogens is 342 g/mol. The molecule has 2 aromatic rings. The van der Waals surface area contributed by atoms with Crippen molar-refractivity contribution in [2.45, 2.75) is 30.7 Å². The zero-order chi connectivity index (χ0) is 19.0. The van der Waals surface area contributed by atoms with Crippen LogP contribution in [-0.4, -0.2) is 58.0 Å². The standard InChI is InChI=1S/C21H25N3O3/c1-23-14-16(15-5-3-2-4-6-15)12-21(23)7-9-24(10-8-21)20(27)17-13-22-19(26)11-18(17)25/h2-6,11,13,16H,7-10,12,14H2,1H3,(H2,22,25,26). The van der Waals surface area contributed by atoms with Gasteiger partial charge in [0.25, 0.3) is 11.5 Å². The molecule has 27 heavy (non-hydrogen) atoms. The predicted octanol–water partition coefficient (Wildman–Crippen LogP) is 2.17. The summed E-state index contributed by atoms with van der Waals surface area (Å²) in [6, 6.07) is 11.7. The first-order valence-electron chi connectivity index (χ1n) is 9.46. The second kappa shape index (κ2) is 6.85. The minimum absolute atomic E-state index is 0.129.